The number of esters is 1. The summed E-state index contributed by atoms with van der Waals surface area (Å²) in [5.74, 6) is -0.475. The number of nitrogens with zero attached hydrogens (tertiary/aromatic N) is 1. The number of hydrogen-bond donors (Lipinski definition) is 1. The highest BCUT2D eigenvalue weighted by Crippen LogP contribution is 2.08. The second kappa shape index (κ2) is 12.4. The first kappa shape index (κ1) is 25.3. The lowest BCUT2D eigenvalue weighted by Gasteiger charge is -2.30. The Balaban J connectivity index is 0. The van der Waals surface area contributed by atoms with Gasteiger partial charge in [0.15, 0.2) is 0 Å². The van der Waals surface area contributed by atoms with Gasteiger partial charge in [0.1, 0.15) is 0 Å². The molecule has 0 bridgehead atoms. The third-order valence-electron chi connectivity index (χ3n) is 3.66. The van der Waals surface area contributed by atoms with Crippen molar-refractivity contribution in [2.75, 3.05) is 39.5 Å². The predicted octanol–water partition coefficient (Wildman–Crippen LogP) is 2.23. The maximum atomic E-state index is 11.2. The number of rotatable bonds is 13. The first-order valence-corrected chi connectivity index (χ1v) is 9.74. The Morgan fingerprint density at radius 2 is 1.54 bits per heavy atom. The zero-order valence-electron chi connectivity index (χ0n) is 15.2. The van der Waals surface area contributed by atoms with E-state index in [1.165, 1.54) is 0 Å². The maximum Gasteiger partial charge on any atom is 0.333 e. The summed E-state index contributed by atoms with van der Waals surface area (Å²) in [5.41, 5.74) is 0.426. The van der Waals surface area contributed by atoms with Gasteiger partial charge >= 0.3 is 5.97 Å². The van der Waals surface area contributed by atoms with Crippen molar-refractivity contribution in [3.8, 4) is 0 Å². The van der Waals surface area contributed by atoms with Gasteiger partial charge in [-0.1, -0.05) is 13.0 Å². The van der Waals surface area contributed by atoms with Crippen LogP contribution in [0.1, 0.15) is 45.4 Å². The smallest absolute Gasteiger partial charge is 0.333 e. The standard InChI is InChI=1S/C16H31NO5S.H2O/c1-15(2)16(18)22-13-9-8-12-17(3,4)11-7-5-6-10-14-23(19,20)21;/h1,5-14H2,2-4H3;1H2. The highest BCUT2D eigenvalue weighted by atomic mass is 32.2. The molecule has 0 aromatic carbocycles. The fraction of sp³-hybridized carbons (Fsp3) is 0.812. The molecule has 0 aliphatic carbocycles. The fourth-order valence-electron chi connectivity index (χ4n) is 2.22. The second-order valence-electron chi connectivity index (χ2n) is 6.71. The van der Waals surface area contributed by atoms with Gasteiger partial charge in [-0.05, 0) is 39.0 Å². The molecule has 0 radical (unpaired) electrons. The summed E-state index contributed by atoms with van der Waals surface area (Å²) in [6.45, 7) is 7.64. The van der Waals surface area contributed by atoms with Gasteiger partial charge in [0.2, 0.25) is 0 Å². The summed E-state index contributed by atoms with van der Waals surface area (Å²) >= 11 is 0. The molecule has 0 atom stereocenters. The molecule has 0 unspecified atom stereocenters. The molecule has 0 rings (SSSR count). The van der Waals surface area contributed by atoms with Crippen molar-refractivity contribution in [1.82, 2.24) is 0 Å². The third kappa shape index (κ3) is 15.9. The van der Waals surface area contributed by atoms with Gasteiger partial charge in [-0.2, -0.15) is 8.42 Å². The normalized spacial score (nSPS) is 11.7. The summed E-state index contributed by atoms with van der Waals surface area (Å²) < 4.78 is 35.8. The van der Waals surface area contributed by atoms with E-state index in [1.54, 1.807) is 6.92 Å². The van der Waals surface area contributed by atoms with Crippen molar-refractivity contribution >= 4 is 16.1 Å². The summed E-state index contributed by atoms with van der Waals surface area (Å²) in [5, 5.41) is 0. The topological polar surface area (TPSA) is 111 Å². The van der Waals surface area contributed by atoms with Crippen molar-refractivity contribution in [1.29, 1.82) is 0 Å². The average Bonchev–Trinajstić information content (AvgIpc) is 2.40. The molecule has 0 spiro atoms. The first-order valence-electron chi connectivity index (χ1n) is 8.13. The number of quaternary nitrogens is 1. The lowest BCUT2D eigenvalue weighted by Crippen LogP contribution is -2.41. The molecule has 0 saturated heterocycles. The van der Waals surface area contributed by atoms with Crippen LogP contribution in [0.4, 0.5) is 0 Å². The van der Waals surface area contributed by atoms with Crippen LogP contribution in [-0.2, 0) is 19.6 Å². The minimum atomic E-state index is -3.81. The van der Waals surface area contributed by atoms with Gasteiger partial charge in [-0.25, -0.2) is 4.79 Å². The Labute approximate surface area is 146 Å². The van der Waals surface area contributed by atoms with Gasteiger partial charge in [0.25, 0.3) is 10.1 Å². The molecule has 24 heavy (non-hydrogen) atoms. The van der Waals surface area contributed by atoms with E-state index in [0.29, 0.717) is 18.6 Å². The van der Waals surface area contributed by atoms with Crippen LogP contribution >= 0.6 is 0 Å². The van der Waals surface area contributed by atoms with Crippen molar-refractivity contribution in [2.24, 2.45) is 0 Å². The van der Waals surface area contributed by atoms with E-state index >= 15 is 0 Å². The molecule has 8 heteroatoms. The molecular formula is C16H33NO6S. The van der Waals surface area contributed by atoms with Crippen LogP contribution in [0.5, 0.6) is 0 Å². The molecule has 0 fully saturated rings. The van der Waals surface area contributed by atoms with Crippen LogP contribution in [0.25, 0.3) is 0 Å². The largest absolute Gasteiger partial charge is 0.870 e. The molecule has 144 valence electrons. The van der Waals surface area contributed by atoms with E-state index in [2.05, 4.69) is 20.7 Å². The van der Waals surface area contributed by atoms with Crippen molar-refractivity contribution in [3.05, 3.63) is 12.2 Å². The summed E-state index contributed by atoms with van der Waals surface area (Å²) in [4.78, 5) is 11.2. The zero-order chi connectivity index (χ0) is 17.9. The summed E-state index contributed by atoms with van der Waals surface area (Å²) in [6, 6.07) is 0. The van der Waals surface area contributed by atoms with E-state index in [4.69, 9.17) is 9.29 Å². The van der Waals surface area contributed by atoms with E-state index < -0.39 is 10.1 Å². The van der Waals surface area contributed by atoms with Crippen LogP contribution in [0.15, 0.2) is 12.2 Å². The average molecular weight is 368 g/mol. The molecule has 0 aromatic rings. The quantitative estimate of drug-likeness (QED) is 0.176. The van der Waals surface area contributed by atoms with Gasteiger partial charge in [-0.15, -0.1) is 0 Å². The molecule has 7 nitrogen and oxygen atoms in total. The number of carbonyl (C=O) groups excluding carboxylic acids is 1. The Morgan fingerprint density at radius 3 is 2.04 bits per heavy atom. The Hall–Kier alpha value is -0.960. The molecule has 0 heterocycles. The molecule has 0 aromatic heterocycles. The Bertz CT molecular complexity index is 473. The van der Waals surface area contributed by atoms with Crippen LogP contribution in [0, 0.1) is 0 Å². The Morgan fingerprint density at radius 1 is 1.04 bits per heavy atom. The SMILES string of the molecule is C=C(C)C(=O)OCCCC[N+](C)(C)CCCCCCS(=O)(=O)O.[OH-]. The van der Waals surface area contributed by atoms with Crippen molar-refractivity contribution in [3.63, 3.8) is 0 Å². The van der Waals surface area contributed by atoms with Crippen molar-refractivity contribution < 1.29 is 32.5 Å². The number of carbonyl (C=O) groups is 1. The van der Waals surface area contributed by atoms with E-state index in [-0.39, 0.29) is 17.2 Å². The fourth-order valence-corrected chi connectivity index (χ4v) is 2.79. The van der Waals surface area contributed by atoms with E-state index in [9.17, 15) is 13.2 Å². The lowest BCUT2D eigenvalue weighted by molar-refractivity contribution is -0.890. The number of unbranched alkanes of at least 4 members (excludes halogenated alkanes) is 4. The third-order valence-corrected chi connectivity index (χ3v) is 4.46. The van der Waals surface area contributed by atoms with Gasteiger partial charge in [0, 0.05) is 5.57 Å². The number of ether oxygens (including phenoxy) is 1. The molecule has 2 N–H and O–H groups in total. The molecule has 0 amide bonds. The first-order chi connectivity index (χ1) is 10.5. The highest BCUT2D eigenvalue weighted by molar-refractivity contribution is 7.85. The van der Waals surface area contributed by atoms with Crippen LogP contribution < -0.4 is 0 Å². The monoisotopic (exact) mass is 367 g/mol. The molecule has 0 aliphatic rings. The van der Waals surface area contributed by atoms with E-state index in [1.807, 2.05) is 0 Å². The molecule has 0 saturated carbocycles. The zero-order valence-corrected chi connectivity index (χ0v) is 16.0. The summed E-state index contributed by atoms with van der Waals surface area (Å²) in [7, 11) is 0.516. The maximum absolute atomic E-state index is 11.2. The van der Waals surface area contributed by atoms with Crippen LogP contribution in [-0.4, -0.2) is 68.4 Å². The minimum Gasteiger partial charge on any atom is -0.870 e. The number of hydrogen-bond acceptors (Lipinski definition) is 5. The molecule has 0 aliphatic heterocycles. The second-order valence-corrected chi connectivity index (χ2v) is 8.28. The van der Waals surface area contributed by atoms with Crippen LogP contribution in [0.3, 0.4) is 0 Å². The van der Waals surface area contributed by atoms with Gasteiger partial charge in [0.05, 0.1) is 39.5 Å². The van der Waals surface area contributed by atoms with Gasteiger partial charge < -0.3 is 14.7 Å². The predicted molar refractivity (Wildman–Crippen MR) is 93.7 cm³/mol. The molecular weight excluding hydrogens is 334 g/mol. The van der Waals surface area contributed by atoms with Gasteiger partial charge in [-0.3, -0.25) is 4.55 Å². The Kier molecular flexibility index (Phi) is 13.1. The lowest BCUT2D eigenvalue weighted by atomic mass is 10.2. The minimum absolute atomic E-state index is 0. The van der Waals surface area contributed by atoms with Crippen molar-refractivity contribution in [2.45, 2.75) is 45.4 Å². The van der Waals surface area contributed by atoms with Crippen LogP contribution in [0.2, 0.25) is 0 Å². The van der Waals surface area contributed by atoms with E-state index in [0.717, 1.165) is 49.7 Å². The highest BCUT2D eigenvalue weighted by Gasteiger charge is 2.14. The summed E-state index contributed by atoms with van der Waals surface area (Å²) in [6.07, 6.45) is 5.15.